The first-order chi connectivity index (χ1) is 8.39. The molecule has 0 amide bonds. The van der Waals surface area contributed by atoms with E-state index in [-0.39, 0.29) is 0 Å². The van der Waals surface area contributed by atoms with Crippen molar-refractivity contribution in [3.63, 3.8) is 0 Å². The number of nitrogens with zero attached hydrogens (tertiary/aromatic N) is 1. The molecule has 1 aliphatic heterocycles. The zero-order valence-electron chi connectivity index (χ0n) is 13.0. The van der Waals surface area contributed by atoms with Crippen molar-refractivity contribution in [1.29, 1.82) is 0 Å². The van der Waals surface area contributed by atoms with E-state index in [4.69, 9.17) is 5.73 Å². The zero-order chi connectivity index (χ0) is 13.6. The molecule has 0 radical (unpaired) electrons. The lowest BCUT2D eigenvalue weighted by atomic mass is 9.77. The fourth-order valence-electron chi connectivity index (χ4n) is 3.05. The van der Waals surface area contributed by atoms with Gasteiger partial charge in [0.1, 0.15) is 0 Å². The first-order valence-electron chi connectivity index (χ1n) is 7.87. The number of likely N-dealkylation sites (tertiary alicyclic amines) is 1. The molecule has 1 heterocycles. The highest BCUT2D eigenvalue weighted by molar-refractivity contribution is 4.78. The molecular formula is C16H34N2. The summed E-state index contributed by atoms with van der Waals surface area (Å²) in [4.78, 5) is 2.67. The third-order valence-electron chi connectivity index (χ3n) is 4.43. The molecule has 0 aromatic carbocycles. The second kappa shape index (κ2) is 7.49. The second-order valence-corrected chi connectivity index (χ2v) is 7.31. The van der Waals surface area contributed by atoms with Crippen molar-refractivity contribution in [3.05, 3.63) is 0 Å². The van der Waals surface area contributed by atoms with Crippen LogP contribution in [0, 0.1) is 11.3 Å². The van der Waals surface area contributed by atoms with Gasteiger partial charge in [0.2, 0.25) is 0 Å². The maximum absolute atomic E-state index is 5.79. The summed E-state index contributed by atoms with van der Waals surface area (Å²) in [6.45, 7) is 13.2. The summed E-state index contributed by atoms with van der Waals surface area (Å²) in [5.41, 5.74) is 6.28. The first kappa shape index (κ1) is 16.0. The third kappa shape index (κ3) is 6.19. The summed E-state index contributed by atoms with van der Waals surface area (Å²) in [7, 11) is 0. The van der Waals surface area contributed by atoms with Crippen LogP contribution >= 0.6 is 0 Å². The Morgan fingerprint density at radius 3 is 2.50 bits per heavy atom. The summed E-state index contributed by atoms with van der Waals surface area (Å²) in [6.07, 6.45) is 7.98. The largest absolute Gasteiger partial charge is 0.328 e. The topological polar surface area (TPSA) is 29.3 Å². The van der Waals surface area contributed by atoms with Gasteiger partial charge in [0.25, 0.3) is 0 Å². The lowest BCUT2D eigenvalue weighted by Gasteiger charge is -2.29. The number of hydrogen-bond donors (Lipinski definition) is 1. The Balaban J connectivity index is 2.21. The maximum atomic E-state index is 5.79. The summed E-state index contributed by atoms with van der Waals surface area (Å²) in [5.74, 6) is 0.909. The Hall–Kier alpha value is -0.0800. The minimum atomic E-state index is 0.374. The number of unbranched alkanes of at least 4 members (excludes halogenated alkanes) is 1. The number of rotatable bonds is 5. The molecule has 0 spiro atoms. The fourth-order valence-corrected chi connectivity index (χ4v) is 3.05. The van der Waals surface area contributed by atoms with E-state index in [2.05, 4.69) is 32.6 Å². The smallest absolute Gasteiger partial charge is 0.00104 e. The van der Waals surface area contributed by atoms with Crippen LogP contribution in [0.4, 0.5) is 0 Å². The molecule has 0 saturated carbocycles. The zero-order valence-corrected chi connectivity index (χ0v) is 13.0. The van der Waals surface area contributed by atoms with Crippen molar-refractivity contribution in [1.82, 2.24) is 4.90 Å². The van der Waals surface area contributed by atoms with Crippen molar-refractivity contribution in [3.8, 4) is 0 Å². The van der Waals surface area contributed by atoms with Crippen LogP contribution in [0.15, 0.2) is 0 Å². The number of nitrogens with two attached hydrogens (primary N) is 1. The van der Waals surface area contributed by atoms with Gasteiger partial charge in [0, 0.05) is 6.04 Å². The van der Waals surface area contributed by atoms with Gasteiger partial charge >= 0.3 is 0 Å². The van der Waals surface area contributed by atoms with Crippen LogP contribution in [-0.4, -0.2) is 30.6 Å². The van der Waals surface area contributed by atoms with Crippen LogP contribution in [0.25, 0.3) is 0 Å². The van der Waals surface area contributed by atoms with Crippen LogP contribution in [0.2, 0.25) is 0 Å². The fraction of sp³-hybridized carbons (Fsp3) is 1.00. The molecule has 2 atom stereocenters. The molecule has 0 aromatic rings. The standard InChI is InChI=1S/C16H34N2/c1-14(17)8-5-6-11-18-12-7-9-15(10-13-18)16(2,3)4/h14-15H,5-13,17H2,1-4H3. The van der Waals surface area contributed by atoms with E-state index in [0.717, 1.165) is 5.92 Å². The molecule has 1 aliphatic rings. The van der Waals surface area contributed by atoms with Crippen molar-refractivity contribution >= 4 is 0 Å². The predicted octanol–water partition coefficient (Wildman–Crippen LogP) is 3.65. The Morgan fingerprint density at radius 2 is 1.89 bits per heavy atom. The molecule has 2 N–H and O–H groups in total. The van der Waals surface area contributed by atoms with Gasteiger partial charge in [-0.2, -0.15) is 0 Å². The monoisotopic (exact) mass is 254 g/mol. The maximum Gasteiger partial charge on any atom is 0.00104 e. The molecular weight excluding hydrogens is 220 g/mol. The SMILES string of the molecule is CC(N)CCCCN1CCCC(C(C)(C)C)CC1. The van der Waals surface area contributed by atoms with E-state index in [9.17, 15) is 0 Å². The lowest BCUT2D eigenvalue weighted by molar-refractivity contribution is 0.207. The van der Waals surface area contributed by atoms with Crippen molar-refractivity contribution in [2.45, 2.75) is 72.3 Å². The van der Waals surface area contributed by atoms with Gasteiger partial charge in [0.05, 0.1) is 0 Å². The molecule has 0 bridgehead atoms. The Kier molecular flexibility index (Phi) is 6.65. The second-order valence-electron chi connectivity index (χ2n) is 7.31. The quantitative estimate of drug-likeness (QED) is 0.759. The van der Waals surface area contributed by atoms with Crippen molar-refractivity contribution < 1.29 is 0 Å². The minimum absolute atomic E-state index is 0.374. The van der Waals surface area contributed by atoms with Crippen LogP contribution in [0.5, 0.6) is 0 Å². The predicted molar refractivity (Wildman–Crippen MR) is 80.7 cm³/mol. The highest BCUT2D eigenvalue weighted by Crippen LogP contribution is 2.34. The van der Waals surface area contributed by atoms with Gasteiger partial charge in [-0.05, 0) is 70.0 Å². The van der Waals surface area contributed by atoms with Crippen LogP contribution in [0.3, 0.4) is 0 Å². The van der Waals surface area contributed by atoms with E-state index >= 15 is 0 Å². The average molecular weight is 254 g/mol. The molecule has 1 rings (SSSR count). The van der Waals surface area contributed by atoms with Crippen molar-refractivity contribution in [2.24, 2.45) is 17.1 Å². The molecule has 2 heteroatoms. The first-order valence-corrected chi connectivity index (χ1v) is 7.87. The molecule has 2 nitrogen and oxygen atoms in total. The summed E-state index contributed by atoms with van der Waals surface area (Å²) in [6, 6.07) is 0.374. The molecule has 1 saturated heterocycles. The van der Waals surface area contributed by atoms with E-state index in [1.807, 2.05) is 0 Å². The van der Waals surface area contributed by atoms with E-state index in [1.54, 1.807) is 0 Å². The van der Waals surface area contributed by atoms with Crippen LogP contribution in [0.1, 0.15) is 66.2 Å². The molecule has 0 aliphatic carbocycles. The van der Waals surface area contributed by atoms with Gasteiger partial charge in [-0.25, -0.2) is 0 Å². The summed E-state index contributed by atoms with van der Waals surface area (Å²) < 4.78 is 0. The normalized spacial score (nSPS) is 24.8. The molecule has 2 unspecified atom stereocenters. The van der Waals surface area contributed by atoms with Gasteiger partial charge in [-0.1, -0.05) is 27.2 Å². The Bertz CT molecular complexity index is 218. The van der Waals surface area contributed by atoms with E-state index in [1.165, 1.54) is 58.2 Å². The summed E-state index contributed by atoms with van der Waals surface area (Å²) >= 11 is 0. The number of hydrogen-bond acceptors (Lipinski definition) is 2. The molecule has 1 fully saturated rings. The van der Waals surface area contributed by atoms with Gasteiger partial charge < -0.3 is 10.6 Å². The van der Waals surface area contributed by atoms with Crippen LogP contribution < -0.4 is 5.73 Å². The van der Waals surface area contributed by atoms with E-state index in [0.29, 0.717) is 11.5 Å². The highest BCUT2D eigenvalue weighted by Gasteiger charge is 2.26. The average Bonchev–Trinajstić information content (AvgIpc) is 2.48. The van der Waals surface area contributed by atoms with Crippen LogP contribution in [-0.2, 0) is 0 Å². The molecule has 108 valence electrons. The Morgan fingerprint density at radius 1 is 1.17 bits per heavy atom. The minimum Gasteiger partial charge on any atom is -0.328 e. The van der Waals surface area contributed by atoms with Gasteiger partial charge in [-0.15, -0.1) is 0 Å². The Labute approximate surface area is 114 Å². The van der Waals surface area contributed by atoms with E-state index < -0.39 is 0 Å². The van der Waals surface area contributed by atoms with Crippen molar-refractivity contribution in [2.75, 3.05) is 19.6 Å². The lowest BCUT2D eigenvalue weighted by Crippen LogP contribution is -2.27. The molecule has 18 heavy (non-hydrogen) atoms. The third-order valence-corrected chi connectivity index (χ3v) is 4.43. The summed E-state index contributed by atoms with van der Waals surface area (Å²) in [5, 5.41) is 0. The highest BCUT2D eigenvalue weighted by atomic mass is 15.1. The molecule has 0 aromatic heterocycles. The van der Waals surface area contributed by atoms with Gasteiger partial charge in [0.15, 0.2) is 0 Å². The van der Waals surface area contributed by atoms with Gasteiger partial charge in [-0.3, -0.25) is 0 Å².